The summed E-state index contributed by atoms with van der Waals surface area (Å²) in [6, 6.07) is 20.3. The normalized spacial score (nSPS) is 23.9. The maximum Gasteiger partial charge on any atom is 0.235 e. The Labute approximate surface area is 415 Å². The van der Waals surface area contributed by atoms with E-state index >= 15 is 8.78 Å². The number of carbonyl (C=O) groups is 3. The lowest BCUT2D eigenvalue weighted by atomic mass is 9.77. The van der Waals surface area contributed by atoms with Crippen molar-refractivity contribution in [2.24, 2.45) is 11.8 Å². The number of rotatable bonds is 9. The predicted octanol–water partition coefficient (Wildman–Crippen LogP) is 10.2. The summed E-state index contributed by atoms with van der Waals surface area (Å²) in [6.45, 7) is 2.39. The first-order valence-electron chi connectivity index (χ1n) is 25.4. The van der Waals surface area contributed by atoms with Gasteiger partial charge in [0, 0.05) is 59.7 Å². The molecular formula is C56H57F4N9O3. The molecule has 372 valence electrons. The maximum absolute atomic E-state index is 15.4. The van der Waals surface area contributed by atoms with Crippen LogP contribution in [-0.2, 0) is 25.2 Å². The van der Waals surface area contributed by atoms with Crippen molar-refractivity contribution in [2.45, 2.75) is 93.5 Å². The third-order valence-corrected chi connectivity index (χ3v) is 17.1. The summed E-state index contributed by atoms with van der Waals surface area (Å²) >= 11 is 0. The van der Waals surface area contributed by atoms with Gasteiger partial charge in [-0.3, -0.25) is 14.4 Å². The molecule has 72 heavy (non-hydrogen) atoms. The molecule has 4 fully saturated rings. The molecule has 2 aliphatic carbocycles. The number of amides is 3. The number of anilines is 4. The second-order valence-electron chi connectivity index (χ2n) is 21.2. The Kier molecular flexibility index (Phi) is 11.4. The molecule has 4 unspecified atom stereocenters. The Hall–Kier alpha value is -6.78. The highest BCUT2D eigenvalue weighted by Gasteiger charge is 2.55. The van der Waals surface area contributed by atoms with E-state index in [1.54, 1.807) is 12.3 Å². The molecule has 0 bridgehead atoms. The fraction of sp³-hybridized carbons (Fsp3) is 0.393. The number of hydrogen-bond acceptors (Lipinski definition) is 7. The second-order valence-corrected chi connectivity index (χ2v) is 21.2. The van der Waals surface area contributed by atoms with E-state index in [0.717, 1.165) is 105 Å². The van der Waals surface area contributed by atoms with Gasteiger partial charge in [0.25, 0.3) is 0 Å². The molecule has 6 aromatic rings. The van der Waals surface area contributed by atoms with E-state index in [1.165, 1.54) is 28.9 Å². The van der Waals surface area contributed by atoms with Gasteiger partial charge in [-0.05, 0) is 169 Å². The van der Waals surface area contributed by atoms with Crippen molar-refractivity contribution in [3.63, 3.8) is 0 Å². The number of halogens is 4. The quantitative estimate of drug-likeness (QED) is 0.106. The molecule has 4 aliphatic heterocycles. The Morgan fingerprint density at radius 3 is 2.22 bits per heavy atom. The Morgan fingerprint density at radius 2 is 1.46 bits per heavy atom. The van der Waals surface area contributed by atoms with Crippen molar-refractivity contribution < 1.29 is 31.9 Å². The standard InChI is InChI=1S/C56H57F4N9O3/c1-66-21-13-32(14-22-66)52(70)63-44-25-34(46-12-19-61-69(46)48-10-8-36(58)27-43(48)60)24-40-50(44)65-54(72)56(40)18-11-33(31-56)49-28-37(15-23-67(49)2)62-45-30-38(29-41-51(45)64-53(71)55(41)16-3-4-17-55)68-20-5-6-47(68)39-9-7-35(57)26-42(39)59/h5-10,12,19-20,24-27,29-30,32-33,37,49,62H,3-4,11,13-18,21-23,28,31H2,1-2H3,(H,63,70)(H,64,71)(H,65,72). The van der Waals surface area contributed by atoms with Gasteiger partial charge in [0.05, 0.1) is 51.2 Å². The van der Waals surface area contributed by atoms with E-state index in [1.807, 2.05) is 48.1 Å². The first kappa shape index (κ1) is 46.3. The average molecular weight is 980 g/mol. The van der Waals surface area contributed by atoms with E-state index in [4.69, 9.17) is 0 Å². The SMILES string of the molecule is CN1CCC(C(=O)Nc2cc(-c3ccnn3-c3ccc(F)cc3F)cc3c2NC(=O)C32CCC(C3CC(Nc4cc(-n5cccc5-c5ccc(F)cc5F)cc5c4NC(=O)C54CCCC4)CCN3C)C2)CC1. The van der Waals surface area contributed by atoms with Crippen LogP contribution in [-0.4, -0.2) is 87.7 Å². The van der Waals surface area contributed by atoms with Gasteiger partial charge in [-0.1, -0.05) is 12.8 Å². The molecule has 6 heterocycles. The predicted molar refractivity (Wildman–Crippen MR) is 268 cm³/mol. The lowest BCUT2D eigenvalue weighted by molar-refractivity contribution is -0.121. The van der Waals surface area contributed by atoms with Crippen LogP contribution in [0, 0.1) is 35.1 Å². The molecule has 6 aliphatic rings. The molecule has 4 aromatic carbocycles. The first-order chi connectivity index (χ1) is 34.8. The lowest BCUT2D eigenvalue weighted by Gasteiger charge is -2.41. The Morgan fingerprint density at radius 1 is 0.736 bits per heavy atom. The van der Waals surface area contributed by atoms with Crippen LogP contribution < -0.4 is 21.3 Å². The smallest absolute Gasteiger partial charge is 0.235 e. The van der Waals surface area contributed by atoms with Crippen LogP contribution in [0.2, 0.25) is 0 Å². The van der Waals surface area contributed by atoms with Gasteiger partial charge in [0.15, 0.2) is 5.82 Å². The summed E-state index contributed by atoms with van der Waals surface area (Å²) < 4.78 is 62.1. The number of nitrogens with one attached hydrogen (secondary N) is 4. The first-order valence-corrected chi connectivity index (χ1v) is 25.4. The fourth-order valence-electron chi connectivity index (χ4n) is 13.3. The van der Waals surface area contributed by atoms with Crippen molar-refractivity contribution in [3.8, 4) is 33.9 Å². The third kappa shape index (κ3) is 7.71. The van der Waals surface area contributed by atoms with Crippen LogP contribution in [0.3, 0.4) is 0 Å². The van der Waals surface area contributed by atoms with Crippen LogP contribution in [0.1, 0.15) is 81.8 Å². The van der Waals surface area contributed by atoms with E-state index < -0.39 is 34.1 Å². The minimum Gasteiger partial charge on any atom is -0.380 e. The van der Waals surface area contributed by atoms with Gasteiger partial charge in [-0.15, -0.1) is 0 Å². The van der Waals surface area contributed by atoms with Crippen LogP contribution in [0.5, 0.6) is 0 Å². The number of fused-ring (bicyclic) bond motifs is 4. The fourth-order valence-corrected chi connectivity index (χ4v) is 13.3. The number of hydrogen-bond donors (Lipinski definition) is 4. The molecule has 2 aromatic heterocycles. The molecule has 4 N–H and O–H groups in total. The second kappa shape index (κ2) is 17.8. The van der Waals surface area contributed by atoms with E-state index in [2.05, 4.69) is 49.3 Å². The summed E-state index contributed by atoms with van der Waals surface area (Å²) in [7, 11) is 4.19. The van der Waals surface area contributed by atoms with Gasteiger partial charge in [0.1, 0.15) is 23.1 Å². The number of aromatic nitrogens is 3. The van der Waals surface area contributed by atoms with Crippen LogP contribution >= 0.6 is 0 Å². The molecule has 0 radical (unpaired) electrons. The summed E-state index contributed by atoms with van der Waals surface area (Å²) in [5, 5.41) is 18.1. The maximum atomic E-state index is 15.4. The van der Waals surface area contributed by atoms with Crippen LogP contribution in [0.4, 0.5) is 40.3 Å². The molecule has 4 atom stereocenters. The third-order valence-electron chi connectivity index (χ3n) is 17.1. The lowest BCUT2D eigenvalue weighted by Crippen LogP contribution is -2.48. The zero-order valence-corrected chi connectivity index (χ0v) is 40.3. The van der Waals surface area contributed by atoms with Crippen molar-refractivity contribution >= 4 is 40.5 Å². The van der Waals surface area contributed by atoms with E-state index in [0.29, 0.717) is 54.0 Å². The number of carbonyl (C=O) groups excluding carboxylic acids is 3. The highest BCUT2D eigenvalue weighted by molar-refractivity contribution is 6.12. The Balaban J connectivity index is 0.865. The highest BCUT2D eigenvalue weighted by Crippen LogP contribution is 2.56. The topological polar surface area (TPSA) is 129 Å². The van der Waals surface area contributed by atoms with Gasteiger partial charge in [-0.2, -0.15) is 5.10 Å². The molecule has 12 nitrogen and oxygen atoms in total. The molecular weight excluding hydrogens is 923 g/mol. The van der Waals surface area contributed by atoms with Gasteiger partial charge >= 0.3 is 0 Å². The monoisotopic (exact) mass is 979 g/mol. The number of benzene rings is 4. The van der Waals surface area contributed by atoms with Crippen molar-refractivity contribution in [3.05, 3.63) is 126 Å². The van der Waals surface area contributed by atoms with Crippen LogP contribution in [0.15, 0.2) is 91.3 Å². The van der Waals surface area contributed by atoms with E-state index in [9.17, 15) is 23.2 Å². The zero-order chi connectivity index (χ0) is 49.6. The summed E-state index contributed by atoms with van der Waals surface area (Å²) in [5.74, 6) is -3.12. The minimum absolute atomic E-state index is 0.0000796. The summed E-state index contributed by atoms with van der Waals surface area (Å²) in [5.41, 5.74) is 5.57. The van der Waals surface area contributed by atoms with Crippen molar-refractivity contribution in [1.29, 1.82) is 0 Å². The number of piperidine rings is 2. The molecule has 2 saturated heterocycles. The van der Waals surface area contributed by atoms with Crippen molar-refractivity contribution in [2.75, 3.05) is 55.0 Å². The molecule has 3 amide bonds. The van der Waals surface area contributed by atoms with Gasteiger partial charge in [-0.25, -0.2) is 22.2 Å². The summed E-state index contributed by atoms with van der Waals surface area (Å²) in [4.78, 5) is 47.3. The van der Waals surface area contributed by atoms with Crippen LogP contribution in [0.25, 0.3) is 33.9 Å². The largest absolute Gasteiger partial charge is 0.380 e. The number of nitrogens with zero attached hydrogens (tertiary/aromatic N) is 5. The molecule has 2 saturated carbocycles. The zero-order valence-electron chi connectivity index (χ0n) is 40.3. The van der Waals surface area contributed by atoms with E-state index in [-0.39, 0.29) is 52.9 Å². The average Bonchev–Trinajstić information content (AvgIpc) is 4.24. The molecule has 16 heteroatoms. The molecule has 2 spiro atoms. The van der Waals surface area contributed by atoms with Gasteiger partial charge < -0.3 is 35.6 Å². The summed E-state index contributed by atoms with van der Waals surface area (Å²) in [6.07, 6.45) is 11.7. The number of likely N-dealkylation sites (tertiary alicyclic amines) is 2. The Bertz CT molecular complexity index is 3170. The highest BCUT2D eigenvalue weighted by atomic mass is 19.1. The minimum atomic E-state index is -0.913. The van der Waals surface area contributed by atoms with Gasteiger partial charge in [0.2, 0.25) is 17.7 Å². The molecule has 12 rings (SSSR count). The van der Waals surface area contributed by atoms with Crippen molar-refractivity contribution in [1.82, 2.24) is 24.1 Å².